The van der Waals surface area contributed by atoms with Crippen LogP contribution in [0.2, 0.25) is 0 Å². The van der Waals surface area contributed by atoms with E-state index in [1.165, 1.54) is 0 Å². The topological polar surface area (TPSA) is 65.2 Å². The molecule has 0 aliphatic heterocycles. The molecule has 0 amide bonds. The molecule has 62 valence electrons. The number of rotatable bonds is 1. The van der Waals surface area contributed by atoms with Gasteiger partial charge in [0.1, 0.15) is 5.69 Å². The maximum Gasteiger partial charge on any atom is 0.222 e. The first-order valence-electron chi connectivity index (χ1n) is 3.23. The number of hydrogen-bond acceptors (Lipinski definition) is 4. The van der Waals surface area contributed by atoms with E-state index in [0.29, 0.717) is 10.4 Å². The second-order valence-electron chi connectivity index (χ2n) is 2.22. The van der Waals surface area contributed by atoms with Crippen LogP contribution < -0.4 is 5.73 Å². The highest BCUT2D eigenvalue weighted by atomic mass is 79.9. The van der Waals surface area contributed by atoms with Gasteiger partial charge in [0.15, 0.2) is 4.67 Å². The molecular weight excluding hydrogens is 224 g/mol. The Hall–Kier alpha value is -1.23. The van der Waals surface area contributed by atoms with E-state index >= 15 is 0 Å². The number of aromatic nitrogens is 1. The molecule has 2 aromatic rings. The molecule has 0 spiro atoms. The summed E-state index contributed by atoms with van der Waals surface area (Å²) in [7, 11) is 0. The highest BCUT2D eigenvalue weighted by molar-refractivity contribution is 9.10. The molecular formula is C7H5BrN2O2. The lowest BCUT2D eigenvalue weighted by Crippen LogP contribution is -1.76. The molecule has 0 unspecified atom stereocenters. The molecule has 0 atom stereocenters. The molecule has 0 bridgehead atoms. The predicted molar refractivity (Wildman–Crippen MR) is 46.3 cm³/mol. The number of nitrogens with zero attached hydrogens (tertiary/aromatic N) is 1. The van der Waals surface area contributed by atoms with Gasteiger partial charge in [-0.05, 0) is 22.0 Å². The Kier molecular flexibility index (Phi) is 1.65. The summed E-state index contributed by atoms with van der Waals surface area (Å²) in [6.07, 6.45) is 1.56. The summed E-state index contributed by atoms with van der Waals surface area (Å²) in [6.45, 7) is 0. The molecule has 0 radical (unpaired) electrons. The van der Waals surface area contributed by atoms with Gasteiger partial charge in [-0.15, -0.1) is 0 Å². The summed E-state index contributed by atoms with van der Waals surface area (Å²) >= 11 is 3.22. The maximum atomic E-state index is 5.36. The lowest BCUT2D eigenvalue weighted by Gasteiger charge is -1.86. The zero-order valence-corrected chi connectivity index (χ0v) is 7.54. The van der Waals surface area contributed by atoms with Crippen LogP contribution in [0.1, 0.15) is 0 Å². The van der Waals surface area contributed by atoms with Crippen LogP contribution in [-0.2, 0) is 0 Å². The van der Waals surface area contributed by atoms with Crippen molar-refractivity contribution < 1.29 is 8.94 Å². The molecule has 2 N–H and O–H groups in total. The molecule has 4 nitrogen and oxygen atoms in total. The third kappa shape index (κ3) is 1.12. The fourth-order valence-corrected chi connectivity index (χ4v) is 1.34. The summed E-state index contributed by atoms with van der Waals surface area (Å²) in [4.78, 5) is 0. The quantitative estimate of drug-likeness (QED) is 0.814. The van der Waals surface area contributed by atoms with Crippen LogP contribution in [0.5, 0.6) is 0 Å². The van der Waals surface area contributed by atoms with Gasteiger partial charge in [0.05, 0.1) is 11.8 Å². The van der Waals surface area contributed by atoms with Crippen molar-refractivity contribution in [2.24, 2.45) is 0 Å². The maximum absolute atomic E-state index is 5.36. The third-order valence-electron chi connectivity index (χ3n) is 1.42. The van der Waals surface area contributed by atoms with E-state index in [1.807, 2.05) is 0 Å². The van der Waals surface area contributed by atoms with Gasteiger partial charge in [-0.25, -0.2) is 0 Å². The van der Waals surface area contributed by atoms with E-state index in [0.717, 1.165) is 5.56 Å². The second kappa shape index (κ2) is 2.67. The molecule has 2 aromatic heterocycles. The Morgan fingerprint density at radius 1 is 1.50 bits per heavy atom. The largest absolute Gasteiger partial charge is 0.457 e. The van der Waals surface area contributed by atoms with E-state index in [2.05, 4.69) is 21.1 Å². The van der Waals surface area contributed by atoms with Crippen LogP contribution in [0.25, 0.3) is 11.3 Å². The van der Waals surface area contributed by atoms with Crippen LogP contribution in [0, 0.1) is 0 Å². The van der Waals surface area contributed by atoms with Gasteiger partial charge in [0.2, 0.25) is 5.88 Å². The molecule has 0 aliphatic carbocycles. The van der Waals surface area contributed by atoms with Gasteiger partial charge in [0, 0.05) is 6.07 Å². The van der Waals surface area contributed by atoms with Crippen LogP contribution in [0.15, 0.2) is 32.0 Å². The Morgan fingerprint density at radius 3 is 2.83 bits per heavy atom. The summed E-state index contributed by atoms with van der Waals surface area (Å²) in [5, 5.41) is 3.73. The Morgan fingerprint density at radius 2 is 2.33 bits per heavy atom. The van der Waals surface area contributed by atoms with Gasteiger partial charge < -0.3 is 14.7 Å². The van der Waals surface area contributed by atoms with E-state index in [-0.39, 0.29) is 5.88 Å². The zero-order chi connectivity index (χ0) is 8.55. The SMILES string of the molecule is Nc1cc(-c2ccoc2Br)no1. The molecule has 0 aliphatic rings. The molecule has 5 heteroatoms. The van der Waals surface area contributed by atoms with Crippen LogP contribution in [-0.4, -0.2) is 5.16 Å². The summed E-state index contributed by atoms with van der Waals surface area (Å²) in [5.41, 5.74) is 6.85. The van der Waals surface area contributed by atoms with Gasteiger partial charge >= 0.3 is 0 Å². The number of furan rings is 1. The monoisotopic (exact) mass is 228 g/mol. The third-order valence-corrected chi connectivity index (χ3v) is 2.04. The fraction of sp³-hybridized carbons (Fsp3) is 0. The van der Waals surface area contributed by atoms with E-state index in [4.69, 9.17) is 14.7 Å². The Labute approximate surface area is 76.5 Å². The number of hydrogen-bond donors (Lipinski definition) is 1. The van der Waals surface area contributed by atoms with Gasteiger partial charge in [0.25, 0.3) is 0 Å². The Balaban J connectivity index is 2.50. The van der Waals surface area contributed by atoms with Crippen molar-refractivity contribution in [1.29, 1.82) is 0 Å². The normalized spacial score (nSPS) is 10.4. The van der Waals surface area contributed by atoms with Crippen LogP contribution in [0.4, 0.5) is 5.88 Å². The summed E-state index contributed by atoms with van der Waals surface area (Å²) in [6, 6.07) is 3.41. The number of anilines is 1. The van der Waals surface area contributed by atoms with Crippen molar-refractivity contribution in [3.8, 4) is 11.3 Å². The lowest BCUT2D eigenvalue weighted by molar-refractivity contribution is 0.439. The molecule has 2 heterocycles. The van der Waals surface area contributed by atoms with Crippen molar-refractivity contribution in [3.05, 3.63) is 23.1 Å². The van der Waals surface area contributed by atoms with Gasteiger partial charge in [-0.2, -0.15) is 0 Å². The lowest BCUT2D eigenvalue weighted by atomic mass is 10.2. The highest BCUT2D eigenvalue weighted by Crippen LogP contribution is 2.28. The summed E-state index contributed by atoms with van der Waals surface area (Å²) < 4.78 is 10.4. The number of nitrogens with two attached hydrogens (primary N) is 1. The summed E-state index contributed by atoms with van der Waals surface area (Å²) in [5.74, 6) is 0.290. The molecule has 0 aromatic carbocycles. The fourth-order valence-electron chi connectivity index (χ4n) is 0.893. The van der Waals surface area contributed by atoms with E-state index in [1.54, 1.807) is 18.4 Å². The standard InChI is InChI=1S/C7H5BrN2O2/c8-7-4(1-2-11-7)5-3-6(9)12-10-5/h1-3H,9H2. The highest BCUT2D eigenvalue weighted by Gasteiger charge is 2.09. The minimum absolute atomic E-state index is 0.290. The van der Waals surface area contributed by atoms with Gasteiger partial charge in [-0.3, -0.25) is 0 Å². The van der Waals surface area contributed by atoms with Crippen molar-refractivity contribution in [2.45, 2.75) is 0 Å². The minimum Gasteiger partial charge on any atom is -0.457 e. The molecule has 0 saturated heterocycles. The first kappa shape index (κ1) is 7.42. The average Bonchev–Trinajstić information content (AvgIpc) is 2.58. The van der Waals surface area contributed by atoms with Crippen LogP contribution >= 0.6 is 15.9 Å². The zero-order valence-electron chi connectivity index (χ0n) is 5.95. The van der Waals surface area contributed by atoms with Crippen molar-refractivity contribution in [3.63, 3.8) is 0 Å². The Bertz CT molecular complexity index is 394. The van der Waals surface area contributed by atoms with E-state index in [9.17, 15) is 0 Å². The molecule has 2 rings (SSSR count). The predicted octanol–water partition coefficient (Wildman–Crippen LogP) is 2.28. The first-order valence-corrected chi connectivity index (χ1v) is 4.02. The molecule has 12 heavy (non-hydrogen) atoms. The molecule has 0 saturated carbocycles. The first-order chi connectivity index (χ1) is 5.77. The van der Waals surface area contributed by atoms with Gasteiger partial charge in [-0.1, -0.05) is 5.16 Å². The van der Waals surface area contributed by atoms with Crippen LogP contribution in [0.3, 0.4) is 0 Å². The minimum atomic E-state index is 0.290. The second-order valence-corrected chi connectivity index (χ2v) is 2.94. The van der Waals surface area contributed by atoms with E-state index < -0.39 is 0 Å². The van der Waals surface area contributed by atoms with Crippen molar-refractivity contribution in [2.75, 3.05) is 5.73 Å². The smallest absolute Gasteiger partial charge is 0.222 e. The number of halogens is 1. The van der Waals surface area contributed by atoms with Crippen molar-refractivity contribution >= 4 is 21.8 Å². The molecule has 0 fully saturated rings. The average molecular weight is 229 g/mol. The van der Waals surface area contributed by atoms with Crippen molar-refractivity contribution in [1.82, 2.24) is 5.16 Å². The number of nitrogen functional groups attached to an aromatic ring is 1.